The largest absolute Gasteiger partial charge is 0.404 e. The highest BCUT2D eigenvalue weighted by molar-refractivity contribution is 6.99. The van der Waals surface area contributed by atoms with Gasteiger partial charge in [0.1, 0.15) is 5.92 Å². The van der Waals surface area contributed by atoms with E-state index in [0.29, 0.717) is 12.8 Å². The van der Waals surface area contributed by atoms with E-state index >= 15 is 0 Å². The quantitative estimate of drug-likeness (QED) is 0.761. The number of hydrogen-bond donors (Lipinski definition) is 0. The van der Waals surface area contributed by atoms with Gasteiger partial charge in [-0.05, 0) is 28.3 Å². The molecule has 1 aliphatic carbocycles. The fourth-order valence-electron chi connectivity index (χ4n) is 4.16. The lowest BCUT2D eigenvalue weighted by Crippen LogP contribution is -2.68. The van der Waals surface area contributed by atoms with Gasteiger partial charge in [-0.25, -0.2) is 0 Å². The number of nitriles is 1. The van der Waals surface area contributed by atoms with E-state index in [-0.39, 0.29) is 16.9 Å². The standard InChI is InChI=1S/C23H27NO2Si/c1-23(2,3)27(20-10-6-4-7-11-20,21-12-8-5-9-13-21)26-19-15-14-18(17-24)22(25)16-19/h4-13,18-19H,14-16H2,1-3H3. The molecule has 0 N–H and O–H groups in total. The van der Waals surface area contributed by atoms with Gasteiger partial charge in [0, 0.05) is 6.42 Å². The average molecular weight is 378 g/mol. The van der Waals surface area contributed by atoms with Gasteiger partial charge in [0.2, 0.25) is 0 Å². The Balaban J connectivity index is 2.08. The molecule has 2 atom stereocenters. The number of nitrogens with zero attached hydrogens (tertiary/aromatic N) is 1. The molecule has 2 unspecified atom stereocenters. The molecule has 140 valence electrons. The first-order chi connectivity index (χ1) is 12.9. The summed E-state index contributed by atoms with van der Waals surface area (Å²) in [5.74, 6) is -0.448. The van der Waals surface area contributed by atoms with E-state index in [9.17, 15) is 4.79 Å². The van der Waals surface area contributed by atoms with Crippen LogP contribution in [0.5, 0.6) is 0 Å². The molecule has 0 aliphatic heterocycles. The third-order valence-electron chi connectivity index (χ3n) is 5.51. The number of Topliss-reactive ketones (excluding diaryl/α,β-unsaturated/α-hetero) is 1. The summed E-state index contributed by atoms with van der Waals surface area (Å²) in [6.07, 6.45) is 1.56. The van der Waals surface area contributed by atoms with Crippen LogP contribution >= 0.6 is 0 Å². The summed E-state index contributed by atoms with van der Waals surface area (Å²) in [6.45, 7) is 6.71. The maximum atomic E-state index is 12.4. The lowest BCUT2D eigenvalue weighted by Gasteiger charge is -2.45. The van der Waals surface area contributed by atoms with E-state index in [1.165, 1.54) is 10.4 Å². The zero-order valence-corrected chi connectivity index (χ0v) is 17.3. The number of benzene rings is 2. The summed E-state index contributed by atoms with van der Waals surface area (Å²) < 4.78 is 6.99. The number of hydrogen-bond acceptors (Lipinski definition) is 3. The second-order valence-corrected chi connectivity index (χ2v) is 12.6. The Bertz CT molecular complexity index is 781. The molecule has 2 aromatic rings. The van der Waals surface area contributed by atoms with Crippen LogP contribution in [0.3, 0.4) is 0 Å². The van der Waals surface area contributed by atoms with Crippen molar-refractivity contribution in [2.24, 2.45) is 5.92 Å². The molecule has 0 radical (unpaired) electrons. The minimum Gasteiger partial charge on any atom is -0.404 e. The molecule has 0 amide bonds. The van der Waals surface area contributed by atoms with Gasteiger partial charge >= 0.3 is 0 Å². The highest BCUT2D eigenvalue weighted by Gasteiger charge is 2.52. The summed E-state index contributed by atoms with van der Waals surface area (Å²) in [7, 11) is -2.63. The smallest absolute Gasteiger partial charge is 0.261 e. The van der Waals surface area contributed by atoms with Gasteiger partial charge in [0.25, 0.3) is 8.32 Å². The predicted molar refractivity (Wildman–Crippen MR) is 110 cm³/mol. The zero-order valence-electron chi connectivity index (χ0n) is 16.3. The van der Waals surface area contributed by atoms with E-state index in [1.54, 1.807) is 0 Å². The van der Waals surface area contributed by atoms with Crippen molar-refractivity contribution in [3.63, 3.8) is 0 Å². The molecular weight excluding hydrogens is 350 g/mol. The Morgan fingerprint density at radius 1 is 0.963 bits per heavy atom. The van der Waals surface area contributed by atoms with E-state index in [2.05, 4.69) is 75.4 Å². The first-order valence-electron chi connectivity index (χ1n) is 9.59. The second-order valence-electron chi connectivity index (χ2n) is 8.33. The van der Waals surface area contributed by atoms with Gasteiger partial charge in [-0.1, -0.05) is 81.4 Å². The SMILES string of the molecule is CC(C)(C)[Si](OC1CCC(C#N)C(=O)C1)(c1ccccc1)c1ccccc1. The number of rotatable bonds is 4. The summed E-state index contributed by atoms with van der Waals surface area (Å²) in [6, 6.07) is 23.1. The molecule has 3 rings (SSSR count). The molecule has 27 heavy (non-hydrogen) atoms. The number of carbonyl (C=O) groups excluding carboxylic acids is 1. The van der Waals surface area contributed by atoms with Crippen LogP contribution in [-0.2, 0) is 9.22 Å². The average Bonchev–Trinajstić information content (AvgIpc) is 2.66. The summed E-state index contributed by atoms with van der Waals surface area (Å²) in [4.78, 5) is 12.4. The normalized spacial score (nSPS) is 20.9. The van der Waals surface area contributed by atoms with Crippen LogP contribution < -0.4 is 10.4 Å². The van der Waals surface area contributed by atoms with Crippen molar-refractivity contribution < 1.29 is 9.22 Å². The molecule has 0 aromatic heterocycles. The molecule has 1 saturated carbocycles. The lowest BCUT2D eigenvalue weighted by atomic mass is 9.87. The lowest BCUT2D eigenvalue weighted by molar-refractivity contribution is -0.125. The van der Waals surface area contributed by atoms with E-state index in [1.807, 2.05) is 12.1 Å². The fraction of sp³-hybridized carbons (Fsp3) is 0.391. The molecule has 0 spiro atoms. The molecule has 2 aromatic carbocycles. The molecule has 0 heterocycles. The highest BCUT2D eigenvalue weighted by Crippen LogP contribution is 2.39. The van der Waals surface area contributed by atoms with E-state index < -0.39 is 14.2 Å². The topological polar surface area (TPSA) is 50.1 Å². The van der Waals surface area contributed by atoms with Crippen LogP contribution in [0.1, 0.15) is 40.0 Å². The van der Waals surface area contributed by atoms with Crippen molar-refractivity contribution in [2.45, 2.75) is 51.2 Å². The maximum absolute atomic E-state index is 12.4. The van der Waals surface area contributed by atoms with Gasteiger partial charge in [0.05, 0.1) is 12.2 Å². The Labute approximate surface area is 163 Å². The van der Waals surface area contributed by atoms with Crippen molar-refractivity contribution in [3.05, 3.63) is 60.7 Å². The number of carbonyl (C=O) groups is 1. The minimum atomic E-state index is -2.63. The molecular formula is C23H27NO2Si. The summed E-state index contributed by atoms with van der Waals surface area (Å²) >= 11 is 0. The Kier molecular flexibility index (Phi) is 5.64. The minimum absolute atomic E-state index is 0.0201. The first-order valence-corrected chi connectivity index (χ1v) is 11.5. The van der Waals surface area contributed by atoms with Crippen molar-refractivity contribution in [1.82, 2.24) is 0 Å². The molecule has 4 heteroatoms. The van der Waals surface area contributed by atoms with Crippen LogP contribution in [0.4, 0.5) is 0 Å². The third-order valence-corrected chi connectivity index (χ3v) is 10.6. The van der Waals surface area contributed by atoms with Crippen LogP contribution in [0.25, 0.3) is 0 Å². The van der Waals surface area contributed by atoms with Crippen LogP contribution in [0.2, 0.25) is 5.04 Å². The maximum Gasteiger partial charge on any atom is 0.261 e. The molecule has 0 saturated heterocycles. The third kappa shape index (κ3) is 3.76. The van der Waals surface area contributed by atoms with Gasteiger partial charge in [-0.3, -0.25) is 4.79 Å². The van der Waals surface area contributed by atoms with Gasteiger partial charge < -0.3 is 4.43 Å². The monoisotopic (exact) mass is 377 g/mol. The number of ketones is 1. The predicted octanol–water partition coefficient (Wildman–Crippen LogP) is 3.82. The first kappa shape index (κ1) is 19.5. The van der Waals surface area contributed by atoms with Crippen molar-refractivity contribution >= 4 is 24.5 Å². The van der Waals surface area contributed by atoms with E-state index in [0.717, 1.165) is 6.42 Å². The summed E-state index contributed by atoms with van der Waals surface area (Å²) in [5.41, 5.74) is 0. The van der Waals surface area contributed by atoms with Crippen molar-refractivity contribution in [3.8, 4) is 6.07 Å². The van der Waals surface area contributed by atoms with Crippen LogP contribution in [0, 0.1) is 17.2 Å². The molecule has 1 fully saturated rings. The van der Waals surface area contributed by atoms with Gasteiger partial charge in [0.15, 0.2) is 5.78 Å². The highest BCUT2D eigenvalue weighted by atomic mass is 28.4. The van der Waals surface area contributed by atoms with Crippen LogP contribution in [0.15, 0.2) is 60.7 Å². The summed E-state index contributed by atoms with van der Waals surface area (Å²) in [5, 5.41) is 11.5. The van der Waals surface area contributed by atoms with Crippen molar-refractivity contribution in [2.75, 3.05) is 0 Å². The molecule has 1 aliphatic rings. The molecule has 3 nitrogen and oxygen atoms in total. The van der Waals surface area contributed by atoms with Crippen LogP contribution in [-0.4, -0.2) is 20.2 Å². The second kappa shape index (κ2) is 7.80. The van der Waals surface area contributed by atoms with Gasteiger partial charge in [-0.2, -0.15) is 5.26 Å². The van der Waals surface area contributed by atoms with Gasteiger partial charge in [-0.15, -0.1) is 0 Å². The Morgan fingerprint density at radius 2 is 1.48 bits per heavy atom. The zero-order chi connectivity index (χ0) is 19.5. The fourth-order valence-corrected chi connectivity index (χ4v) is 8.88. The van der Waals surface area contributed by atoms with E-state index in [4.69, 9.17) is 9.69 Å². The van der Waals surface area contributed by atoms with Crippen molar-refractivity contribution in [1.29, 1.82) is 5.26 Å². The Hall–Kier alpha value is -2.22. The Morgan fingerprint density at radius 3 is 1.89 bits per heavy atom. The molecule has 0 bridgehead atoms.